The number of benzene rings is 2. The highest BCUT2D eigenvalue weighted by molar-refractivity contribution is 5.79. The van der Waals surface area contributed by atoms with Gasteiger partial charge in [0.1, 0.15) is 30.0 Å². The van der Waals surface area contributed by atoms with Gasteiger partial charge in [0, 0.05) is 11.6 Å². The van der Waals surface area contributed by atoms with Crippen molar-refractivity contribution in [3.63, 3.8) is 0 Å². The van der Waals surface area contributed by atoms with Crippen LogP contribution in [0.2, 0.25) is 0 Å². The monoisotopic (exact) mass is 285 g/mol. The van der Waals surface area contributed by atoms with Crippen LogP contribution in [0.15, 0.2) is 36.4 Å². The van der Waals surface area contributed by atoms with Crippen LogP contribution in [0.25, 0.3) is 0 Å². The second kappa shape index (κ2) is 6.53. The zero-order valence-electron chi connectivity index (χ0n) is 11.3. The maximum Gasteiger partial charge on any atom is 0.153 e. The van der Waals surface area contributed by atoms with Gasteiger partial charge < -0.3 is 9.47 Å². The fourth-order valence-electron chi connectivity index (χ4n) is 1.80. The van der Waals surface area contributed by atoms with Crippen molar-refractivity contribution < 1.29 is 18.7 Å². The van der Waals surface area contributed by atoms with E-state index in [0.29, 0.717) is 23.3 Å². The smallest absolute Gasteiger partial charge is 0.153 e. The van der Waals surface area contributed by atoms with E-state index in [1.54, 1.807) is 30.3 Å². The molecule has 21 heavy (non-hydrogen) atoms. The van der Waals surface area contributed by atoms with Gasteiger partial charge >= 0.3 is 0 Å². The maximum absolute atomic E-state index is 13.9. The van der Waals surface area contributed by atoms with Crippen molar-refractivity contribution in [1.29, 1.82) is 5.26 Å². The number of carbonyl (C=O) groups is 1. The Hall–Kier alpha value is -2.87. The topological polar surface area (TPSA) is 59.3 Å². The Morgan fingerprint density at radius 3 is 2.81 bits per heavy atom. The van der Waals surface area contributed by atoms with Crippen LogP contribution in [-0.2, 0) is 6.61 Å². The minimum absolute atomic E-state index is 0.0441. The van der Waals surface area contributed by atoms with Crippen LogP contribution < -0.4 is 9.47 Å². The number of aldehydes is 1. The molecule has 5 heteroatoms. The van der Waals surface area contributed by atoms with Gasteiger partial charge in [-0.3, -0.25) is 4.79 Å². The average molecular weight is 285 g/mol. The zero-order valence-corrected chi connectivity index (χ0v) is 11.3. The molecule has 0 radical (unpaired) electrons. The summed E-state index contributed by atoms with van der Waals surface area (Å²) in [5.74, 6) is 0.212. The van der Waals surface area contributed by atoms with Crippen molar-refractivity contribution in [2.45, 2.75) is 6.61 Å². The first kappa shape index (κ1) is 14.5. The van der Waals surface area contributed by atoms with Crippen molar-refractivity contribution in [3.8, 4) is 17.6 Å². The molecule has 0 atom stereocenters. The molecular formula is C16H12FNO3. The molecule has 0 N–H and O–H groups in total. The highest BCUT2D eigenvalue weighted by atomic mass is 19.1. The van der Waals surface area contributed by atoms with Crippen molar-refractivity contribution in [1.82, 2.24) is 0 Å². The predicted molar refractivity (Wildman–Crippen MR) is 73.8 cm³/mol. The third-order valence-corrected chi connectivity index (χ3v) is 2.93. The molecule has 0 unspecified atom stereocenters. The van der Waals surface area contributed by atoms with Gasteiger partial charge in [-0.25, -0.2) is 4.39 Å². The van der Waals surface area contributed by atoms with E-state index >= 15 is 0 Å². The molecule has 0 spiro atoms. The summed E-state index contributed by atoms with van der Waals surface area (Å²) >= 11 is 0. The van der Waals surface area contributed by atoms with Gasteiger partial charge in [-0.1, -0.05) is 12.1 Å². The van der Waals surface area contributed by atoms with Crippen molar-refractivity contribution >= 4 is 6.29 Å². The van der Waals surface area contributed by atoms with E-state index in [0.717, 1.165) is 0 Å². The van der Waals surface area contributed by atoms with Crippen molar-refractivity contribution in [2.24, 2.45) is 0 Å². The van der Waals surface area contributed by atoms with E-state index in [1.807, 2.05) is 0 Å². The van der Waals surface area contributed by atoms with Gasteiger partial charge in [0.15, 0.2) is 6.29 Å². The van der Waals surface area contributed by atoms with E-state index < -0.39 is 5.82 Å². The van der Waals surface area contributed by atoms with Crippen LogP contribution in [0.3, 0.4) is 0 Å². The van der Waals surface area contributed by atoms with Gasteiger partial charge in [0.25, 0.3) is 0 Å². The summed E-state index contributed by atoms with van der Waals surface area (Å²) in [6, 6.07) is 11.0. The molecular weight excluding hydrogens is 273 g/mol. The quantitative estimate of drug-likeness (QED) is 0.792. The molecule has 0 aliphatic heterocycles. The lowest BCUT2D eigenvalue weighted by atomic mass is 10.1. The third-order valence-electron chi connectivity index (χ3n) is 2.93. The Bertz CT molecular complexity index is 707. The lowest BCUT2D eigenvalue weighted by Crippen LogP contribution is -2.02. The van der Waals surface area contributed by atoms with Gasteiger partial charge in [-0.15, -0.1) is 0 Å². The SMILES string of the molecule is COc1ccc(C=O)c(OCc2cccc(C#N)c2F)c1. The van der Waals surface area contributed by atoms with Crippen LogP contribution >= 0.6 is 0 Å². The maximum atomic E-state index is 13.9. The molecule has 4 nitrogen and oxygen atoms in total. The summed E-state index contributed by atoms with van der Waals surface area (Å²) in [5, 5.41) is 8.78. The molecule has 0 fully saturated rings. The first-order valence-electron chi connectivity index (χ1n) is 6.13. The largest absolute Gasteiger partial charge is 0.497 e. The molecule has 2 rings (SSSR count). The Morgan fingerprint density at radius 2 is 2.14 bits per heavy atom. The molecule has 0 amide bonds. The van der Waals surface area contributed by atoms with Gasteiger partial charge in [0.05, 0.1) is 18.2 Å². The van der Waals surface area contributed by atoms with Crippen molar-refractivity contribution in [3.05, 3.63) is 58.9 Å². The molecule has 0 aromatic heterocycles. The highest BCUT2D eigenvalue weighted by Gasteiger charge is 2.10. The first-order valence-corrected chi connectivity index (χ1v) is 6.13. The Balaban J connectivity index is 2.24. The Morgan fingerprint density at radius 1 is 1.33 bits per heavy atom. The number of methoxy groups -OCH3 is 1. The molecule has 0 aliphatic carbocycles. The van der Waals surface area contributed by atoms with Crippen molar-refractivity contribution in [2.75, 3.05) is 7.11 Å². The zero-order chi connectivity index (χ0) is 15.2. The van der Waals surface area contributed by atoms with Crippen LogP contribution in [-0.4, -0.2) is 13.4 Å². The molecule has 0 saturated heterocycles. The molecule has 0 aliphatic rings. The molecule has 0 heterocycles. The fraction of sp³-hybridized carbons (Fsp3) is 0.125. The van der Waals surface area contributed by atoms with Gasteiger partial charge in [-0.2, -0.15) is 5.26 Å². The number of nitriles is 1. The summed E-state index contributed by atoms with van der Waals surface area (Å²) in [7, 11) is 1.50. The Kier molecular flexibility index (Phi) is 4.52. The standard InChI is InChI=1S/C16H12FNO3/c1-20-14-6-5-12(9-19)15(7-14)21-10-13-4-2-3-11(8-18)16(13)17/h2-7,9H,10H2,1H3. The number of ether oxygens (including phenoxy) is 2. The normalized spacial score (nSPS) is 9.76. The second-order valence-corrected chi connectivity index (χ2v) is 4.20. The summed E-state index contributed by atoms with van der Waals surface area (Å²) in [6.07, 6.45) is 0.650. The Labute approximate surface area is 121 Å². The molecule has 2 aromatic carbocycles. The average Bonchev–Trinajstić information content (AvgIpc) is 2.53. The molecule has 106 valence electrons. The summed E-state index contributed by atoms with van der Waals surface area (Å²) < 4.78 is 24.4. The van der Waals surface area contributed by atoms with E-state index in [1.165, 1.54) is 19.2 Å². The minimum atomic E-state index is -0.615. The number of carbonyl (C=O) groups excluding carboxylic acids is 1. The second-order valence-electron chi connectivity index (χ2n) is 4.20. The summed E-state index contributed by atoms with van der Waals surface area (Å²) in [4.78, 5) is 11.0. The highest BCUT2D eigenvalue weighted by Crippen LogP contribution is 2.25. The lowest BCUT2D eigenvalue weighted by molar-refractivity contribution is 0.111. The van der Waals surface area contributed by atoms with E-state index in [9.17, 15) is 9.18 Å². The van der Waals surface area contributed by atoms with E-state index in [-0.39, 0.29) is 17.7 Å². The molecule has 0 bridgehead atoms. The number of hydrogen-bond acceptors (Lipinski definition) is 4. The minimum Gasteiger partial charge on any atom is -0.497 e. The fourth-order valence-corrected chi connectivity index (χ4v) is 1.80. The van der Waals surface area contributed by atoms with Crippen LogP contribution in [0, 0.1) is 17.1 Å². The number of rotatable bonds is 5. The van der Waals surface area contributed by atoms with Gasteiger partial charge in [0.2, 0.25) is 0 Å². The number of hydrogen-bond donors (Lipinski definition) is 0. The summed E-state index contributed by atoms with van der Waals surface area (Å²) in [5.41, 5.74) is 0.540. The van der Waals surface area contributed by atoms with E-state index in [4.69, 9.17) is 14.7 Å². The van der Waals surface area contributed by atoms with Crippen LogP contribution in [0.1, 0.15) is 21.5 Å². The number of nitrogens with zero attached hydrogens (tertiary/aromatic N) is 1. The lowest BCUT2D eigenvalue weighted by Gasteiger charge is -2.11. The summed E-state index contributed by atoms with van der Waals surface area (Å²) in [6.45, 7) is -0.0879. The molecule has 2 aromatic rings. The van der Waals surface area contributed by atoms with E-state index in [2.05, 4.69) is 0 Å². The molecule has 0 saturated carbocycles. The van der Waals surface area contributed by atoms with Crippen LogP contribution in [0.5, 0.6) is 11.5 Å². The third kappa shape index (κ3) is 3.18. The number of halogens is 1. The predicted octanol–water partition coefficient (Wildman–Crippen LogP) is 3.10. The van der Waals surface area contributed by atoms with Crippen LogP contribution in [0.4, 0.5) is 4.39 Å². The van der Waals surface area contributed by atoms with Gasteiger partial charge in [-0.05, 0) is 18.2 Å². The first-order chi connectivity index (χ1) is 10.2.